The number of aliphatic imine (C=N–C) groups is 1. The number of hydrogen-bond acceptors (Lipinski definition) is 6. The Kier molecular flexibility index (Phi) is 6.35. The van der Waals surface area contributed by atoms with E-state index in [0.717, 1.165) is 3.57 Å². The Morgan fingerprint density at radius 1 is 1.25 bits per heavy atom. The molecule has 0 atom stereocenters. The van der Waals surface area contributed by atoms with Crippen molar-refractivity contribution < 1.29 is 23.8 Å². The fourth-order valence-electron chi connectivity index (χ4n) is 2.47. The summed E-state index contributed by atoms with van der Waals surface area (Å²) >= 11 is 8.34. The van der Waals surface area contributed by atoms with Gasteiger partial charge in [-0.1, -0.05) is 17.7 Å². The summed E-state index contributed by atoms with van der Waals surface area (Å²) in [7, 11) is 0. The van der Waals surface area contributed by atoms with Crippen LogP contribution in [0.1, 0.15) is 25.0 Å². The topological polar surface area (TPSA) is 74.2 Å². The molecule has 0 aliphatic carbocycles. The summed E-state index contributed by atoms with van der Waals surface area (Å²) in [6, 6.07) is 10.3. The van der Waals surface area contributed by atoms with E-state index in [2.05, 4.69) is 27.6 Å². The van der Waals surface area contributed by atoms with Crippen LogP contribution in [0.4, 0.5) is 0 Å². The molecule has 8 heteroatoms. The van der Waals surface area contributed by atoms with Crippen LogP contribution in [0.5, 0.6) is 11.5 Å². The molecule has 0 radical (unpaired) electrons. The van der Waals surface area contributed by atoms with E-state index in [0.29, 0.717) is 34.3 Å². The van der Waals surface area contributed by atoms with Crippen molar-refractivity contribution in [1.29, 1.82) is 0 Å². The summed E-state index contributed by atoms with van der Waals surface area (Å²) in [6.07, 6.45) is 1.57. The first-order valence-electron chi connectivity index (χ1n) is 8.30. The van der Waals surface area contributed by atoms with Crippen molar-refractivity contribution in [1.82, 2.24) is 0 Å². The molecule has 1 aliphatic rings. The van der Waals surface area contributed by atoms with E-state index in [9.17, 15) is 9.59 Å². The number of carbonyl (C=O) groups is 2. The third-order valence-corrected chi connectivity index (χ3v) is 4.60. The molecule has 0 fully saturated rings. The normalized spacial score (nSPS) is 14.6. The molecule has 0 bridgehead atoms. The largest absolute Gasteiger partial charge is 0.490 e. The minimum atomic E-state index is -0.577. The molecule has 1 heterocycles. The smallest absolute Gasteiger partial charge is 0.363 e. The minimum Gasteiger partial charge on any atom is -0.490 e. The average Bonchev–Trinajstić information content (AvgIpc) is 2.99. The number of benzene rings is 2. The summed E-state index contributed by atoms with van der Waals surface area (Å²) in [5.41, 5.74) is 1.32. The van der Waals surface area contributed by atoms with Gasteiger partial charge < -0.3 is 14.2 Å². The SMILES string of the molecule is CCOc1cc(/C=C2/N=C(c3cc(I)ccc3Cl)OC2=O)ccc1OC(C)=O. The van der Waals surface area contributed by atoms with Crippen LogP contribution in [-0.2, 0) is 14.3 Å². The molecular weight excluding hydrogens is 497 g/mol. The van der Waals surface area contributed by atoms with E-state index in [-0.39, 0.29) is 11.6 Å². The Morgan fingerprint density at radius 2 is 2.04 bits per heavy atom. The van der Waals surface area contributed by atoms with Crippen LogP contribution in [0.15, 0.2) is 47.1 Å². The average molecular weight is 512 g/mol. The van der Waals surface area contributed by atoms with Crippen LogP contribution in [0.2, 0.25) is 5.02 Å². The van der Waals surface area contributed by atoms with E-state index < -0.39 is 11.9 Å². The summed E-state index contributed by atoms with van der Waals surface area (Å²) in [6.45, 7) is 3.52. The van der Waals surface area contributed by atoms with Crippen LogP contribution in [-0.4, -0.2) is 24.4 Å². The number of rotatable bonds is 5. The number of hydrogen-bond donors (Lipinski definition) is 0. The molecule has 28 heavy (non-hydrogen) atoms. The van der Waals surface area contributed by atoms with Crippen LogP contribution < -0.4 is 9.47 Å². The number of esters is 2. The van der Waals surface area contributed by atoms with E-state index in [1.807, 2.05) is 13.0 Å². The molecule has 3 rings (SSSR count). The Bertz CT molecular complexity index is 1020. The van der Waals surface area contributed by atoms with E-state index in [1.54, 1.807) is 36.4 Å². The zero-order valence-electron chi connectivity index (χ0n) is 15.0. The van der Waals surface area contributed by atoms with Gasteiger partial charge in [0.05, 0.1) is 17.2 Å². The number of carbonyl (C=O) groups excluding carboxylic acids is 2. The summed E-state index contributed by atoms with van der Waals surface area (Å²) in [5, 5.41) is 0.442. The Labute approximate surface area is 180 Å². The highest BCUT2D eigenvalue weighted by molar-refractivity contribution is 14.1. The van der Waals surface area contributed by atoms with Gasteiger partial charge >= 0.3 is 11.9 Å². The first kappa shape index (κ1) is 20.3. The molecule has 0 spiro atoms. The first-order valence-corrected chi connectivity index (χ1v) is 9.76. The lowest BCUT2D eigenvalue weighted by Crippen LogP contribution is -2.06. The zero-order chi connectivity index (χ0) is 20.3. The second-order valence-electron chi connectivity index (χ2n) is 5.69. The predicted molar refractivity (Wildman–Crippen MR) is 114 cm³/mol. The van der Waals surface area contributed by atoms with Crippen molar-refractivity contribution in [2.75, 3.05) is 6.61 Å². The van der Waals surface area contributed by atoms with Gasteiger partial charge in [0.2, 0.25) is 5.90 Å². The maximum absolute atomic E-state index is 12.2. The molecule has 2 aromatic rings. The lowest BCUT2D eigenvalue weighted by atomic mass is 10.1. The van der Waals surface area contributed by atoms with Crippen LogP contribution in [0, 0.1) is 3.57 Å². The highest BCUT2D eigenvalue weighted by atomic mass is 127. The van der Waals surface area contributed by atoms with Gasteiger partial charge in [-0.3, -0.25) is 4.79 Å². The van der Waals surface area contributed by atoms with Crippen molar-refractivity contribution >= 4 is 58.1 Å². The highest BCUT2D eigenvalue weighted by Crippen LogP contribution is 2.31. The number of halogens is 2. The fraction of sp³-hybridized carbons (Fsp3) is 0.150. The number of nitrogens with zero attached hydrogens (tertiary/aromatic N) is 1. The van der Waals surface area contributed by atoms with Gasteiger partial charge in [-0.15, -0.1) is 0 Å². The Balaban J connectivity index is 1.95. The van der Waals surface area contributed by atoms with E-state index in [4.69, 9.17) is 25.8 Å². The standard InChI is InChI=1S/C20H15ClINO5/c1-3-26-18-9-12(4-7-17(18)27-11(2)24)8-16-20(25)28-19(23-16)14-10-13(22)5-6-15(14)21/h4-10H,3H2,1-2H3/b16-8+. The molecule has 0 unspecified atom stereocenters. The van der Waals surface area contributed by atoms with Crippen molar-refractivity contribution in [2.24, 2.45) is 4.99 Å². The Morgan fingerprint density at radius 3 is 2.75 bits per heavy atom. The molecule has 1 aliphatic heterocycles. The monoisotopic (exact) mass is 511 g/mol. The fourth-order valence-corrected chi connectivity index (χ4v) is 3.16. The number of cyclic esters (lactones) is 1. The van der Waals surface area contributed by atoms with Gasteiger partial charge in [0.25, 0.3) is 0 Å². The third kappa shape index (κ3) is 4.71. The summed E-state index contributed by atoms with van der Waals surface area (Å²) in [4.78, 5) is 27.7. The molecular formula is C20H15ClINO5. The van der Waals surface area contributed by atoms with Crippen molar-refractivity contribution in [3.8, 4) is 11.5 Å². The molecule has 144 valence electrons. The molecule has 0 aromatic heterocycles. The van der Waals surface area contributed by atoms with Crippen LogP contribution in [0.25, 0.3) is 6.08 Å². The van der Waals surface area contributed by atoms with E-state index in [1.165, 1.54) is 6.92 Å². The van der Waals surface area contributed by atoms with Crippen LogP contribution >= 0.6 is 34.2 Å². The lowest BCUT2D eigenvalue weighted by Gasteiger charge is -2.10. The van der Waals surface area contributed by atoms with Crippen molar-refractivity contribution in [3.05, 3.63) is 61.8 Å². The van der Waals surface area contributed by atoms with Gasteiger partial charge in [-0.25, -0.2) is 9.79 Å². The van der Waals surface area contributed by atoms with E-state index >= 15 is 0 Å². The lowest BCUT2D eigenvalue weighted by molar-refractivity contribution is -0.132. The quantitative estimate of drug-likeness (QED) is 0.254. The first-order chi connectivity index (χ1) is 13.4. The molecule has 0 N–H and O–H groups in total. The Hall–Kier alpha value is -2.39. The molecule has 2 aromatic carbocycles. The van der Waals surface area contributed by atoms with Gasteiger partial charge in [-0.05, 0) is 71.5 Å². The van der Waals surface area contributed by atoms with Crippen molar-refractivity contribution in [2.45, 2.75) is 13.8 Å². The number of ether oxygens (including phenoxy) is 3. The van der Waals surface area contributed by atoms with Gasteiger partial charge in [0, 0.05) is 10.5 Å². The molecule has 0 saturated heterocycles. The maximum Gasteiger partial charge on any atom is 0.363 e. The zero-order valence-corrected chi connectivity index (χ0v) is 17.9. The highest BCUT2D eigenvalue weighted by Gasteiger charge is 2.26. The van der Waals surface area contributed by atoms with Gasteiger partial charge in [0.15, 0.2) is 17.2 Å². The predicted octanol–water partition coefficient (Wildman–Crippen LogP) is 4.61. The minimum absolute atomic E-state index is 0.132. The van der Waals surface area contributed by atoms with Gasteiger partial charge in [0.1, 0.15) is 0 Å². The maximum atomic E-state index is 12.2. The second-order valence-corrected chi connectivity index (χ2v) is 7.35. The summed E-state index contributed by atoms with van der Waals surface area (Å²) in [5.74, 6) is -0.174. The van der Waals surface area contributed by atoms with Gasteiger partial charge in [-0.2, -0.15) is 0 Å². The molecule has 0 amide bonds. The second kappa shape index (κ2) is 8.74. The van der Waals surface area contributed by atoms with Crippen molar-refractivity contribution in [3.63, 3.8) is 0 Å². The molecule has 6 nitrogen and oxygen atoms in total. The van der Waals surface area contributed by atoms with Crippen LogP contribution in [0.3, 0.4) is 0 Å². The third-order valence-electron chi connectivity index (χ3n) is 3.60. The molecule has 0 saturated carbocycles. The summed E-state index contributed by atoms with van der Waals surface area (Å²) < 4.78 is 16.9.